The third-order valence-corrected chi connectivity index (χ3v) is 5.88. The van der Waals surface area contributed by atoms with Crippen LogP contribution in [0.25, 0.3) is 0 Å². The molecular formula is C14H24N2OS. The highest BCUT2D eigenvalue weighted by Gasteiger charge is 2.38. The zero-order valence-corrected chi connectivity index (χ0v) is 11.9. The standard InChI is InChI=1S/C14H24N2OS/c17-14(9-12-10-18-8-6-15-12)16-7-5-11-3-1-2-4-13(11)16/h11-13,15H,1-10H2. The van der Waals surface area contributed by atoms with E-state index in [1.54, 1.807) is 0 Å². The molecule has 18 heavy (non-hydrogen) atoms. The van der Waals surface area contributed by atoms with Crippen LogP contribution in [0.3, 0.4) is 0 Å². The van der Waals surface area contributed by atoms with Crippen molar-refractivity contribution >= 4 is 17.7 Å². The summed E-state index contributed by atoms with van der Waals surface area (Å²) in [5, 5.41) is 3.48. The fraction of sp³-hybridized carbons (Fsp3) is 0.929. The SMILES string of the molecule is O=C(CC1CSCCN1)N1CCC2CCCCC21. The molecule has 0 radical (unpaired) electrons. The first-order valence-electron chi connectivity index (χ1n) is 7.45. The average molecular weight is 268 g/mol. The van der Waals surface area contributed by atoms with Crippen LogP contribution < -0.4 is 5.32 Å². The highest BCUT2D eigenvalue weighted by Crippen LogP contribution is 2.36. The maximum Gasteiger partial charge on any atom is 0.224 e. The molecule has 2 heterocycles. The van der Waals surface area contributed by atoms with E-state index in [1.165, 1.54) is 37.9 Å². The molecule has 3 rings (SSSR count). The first kappa shape index (κ1) is 12.8. The molecule has 3 aliphatic rings. The van der Waals surface area contributed by atoms with Crippen LogP contribution in [-0.4, -0.2) is 47.5 Å². The number of amides is 1. The molecular weight excluding hydrogens is 244 g/mol. The first-order chi connectivity index (χ1) is 8.84. The number of thioether (sulfide) groups is 1. The van der Waals surface area contributed by atoms with Crippen molar-refractivity contribution in [3.63, 3.8) is 0 Å². The number of nitrogens with zero attached hydrogens (tertiary/aromatic N) is 1. The molecule has 1 aliphatic carbocycles. The summed E-state index contributed by atoms with van der Waals surface area (Å²) in [6.07, 6.45) is 7.28. The summed E-state index contributed by atoms with van der Waals surface area (Å²) in [6.45, 7) is 2.09. The number of nitrogens with one attached hydrogen (secondary N) is 1. The van der Waals surface area contributed by atoms with Gasteiger partial charge >= 0.3 is 0 Å². The van der Waals surface area contributed by atoms with Crippen LogP contribution in [0.4, 0.5) is 0 Å². The van der Waals surface area contributed by atoms with E-state index in [0.717, 1.165) is 31.2 Å². The third-order valence-electron chi connectivity index (χ3n) is 4.75. The van der Waals surface area contributed by atoms with E-state index in [4.69, 9.17) is 0 Å². The predicted octanol–water partition coefficient (Wildman–Crippen LogP) is 1.87. The number of fused-ring (bicyclic) bond motifs is 1. The van der Waals surface area contributed by atoms with Gasteiger partial charge in [-0.1, -0.05) is 12.8 Å². The van der Waals surface area contributed by atoms with Crippen molar-refractivity contribution in [3.05, 3.63) is 0 Å². The molecule has 0 aromatic carbocycles. The number of carbonyl (C=O) groups is 1. The van der Waals surface area contributed by atoms with Gasteiger partial charge in [0.25, 0.3) is 0 Å². The molecule has 0 aromatic rings. The van der Waals surface area contributed by atoms with Crippen LogP contribution >= 0.6 is 11.8 Å². The van der Waals surface area contributed by atoms with Crippen molar-refractivity contribution in [2.24, 2.45) is 5.92 Å². The Morgan fingerprint density at radius 2 is 2.17 bits per heavy atom. The van der Waals surface area contributed by atoms with Crippen molar-refractivity contribution in [1.82, 2.24) is 10.2 Å². The Balaban J connectivity index is 1.55. The van der Waals surface area contributed by atoms with E-state index in [0.29, 0.717) is 18.0 Å². The van der Waals surface area contributed by atoms with Crippen LogP contribution in [0.15, 0.2) is 0 Å². The lowest BCUT2D eigenvalue weighted by atomic mass is 9.85. The van der Waals surface area contributed by atoms with Gasteiger partial charge in [0.15, 0.2) is 0 Å². The highest BCUT2D eigenvalue weighted by atomic mass is 32.2. The van der Waals surface area contributed by atoms with Crippen LogP contribution in [-0.2, 0) is 4.79 Å². The number of likely N-dealkylation sites (tertiary alicyclic amines) is 1. The Labute approximate surface area is 114 Å². The Morgan fingerprint density at radius 1 is 1.28 bits per heavy atom. The summed E-state index contributed by atoms with van der Waals surface area (Å²) in [5.41, 5.74) is 0. The Hall–Kier alpha value is -0.220. The number of hydrogen-bond donors (Lipinski definition) is 1. The van der Waals surface area contributed by atoms with Crippen molar-refractivity contribution in [2.75, 3.05) is 24.6 Å². The lowest BCUT2D eigenvalue weighted by Crippen LogP contribution is -2.45. The Bertz CT molecular complexity index is 304. The molecule has 102 valence electrons. The molecule has 1 amide bonds. The maximum atomic E-state index is 12.4. The molecule has 0 spiro atoms. The summed E-state index contributed by atoms with van der Waals surface area (Å²) in [5.74, 6) is 3.52. The van der Waals surface area contributed by atoms with Crippen LogP contribution in [0.2, 0.25) is 0 Å². The highest BCUT2D eigenvalue weighted by molar-refractivity contribution is 7.99. The van der Waals surface area contributed by atoms with Gasteiger partial charge in [0.2, 0.25) is 5.91 Å². The van der Waals surface area contributed by atoms with Crippen LogP contribution in [0, 0.1) is 5.92 Å². The van der Waals surface area contributed by atoms with Gasteiger partial charge in [0.1, 0.15) is 0 Å². The van der Waals surface area contributed by atoms with Gasteiger partial charge in [0.05, 0.1) is 0 Å². The minimum atomic E-state index is 0.407. The average Bonchev–Trinajstić information content (AvgIpc) is 2.84. The first-order valence-corrected chi connectivity index (χ1v) is 8.60. The molecule has 1 saturated carbocycles. The Kier molecular flexibility index (Phi) is 4.14. The quantitative estimate of drug-likeness (QED) is 0.830. The molecule has 2 aliphatic heterocycles. The van der Waals surface area contributed by atoms with Gasteiger partial charge in [-0.15, -0.1) is 0 Å². The fourth-order valence-corrected chi connectivity index (χ4v) is 4.74. The van der Waals surface area contributed by atoms with Gasteiger partial charge in [-0.25, -0.2) is 0 Å². The van der Waals surface area contributed by atoms with Gasteiger partial charge < -0.3 is 10.2 Å². The third kappa shape index (κ3) is 2.69. The minimum absolute atomic E-state index is 0.407. The van der Waals surface area contributed by atoms with E-state index in [-0.39, 0.29) is 0 Å². The minimum Gasteiger partial charge on any atom is -0.339 e. The number of carbonyl (C=O) groups excluding carboxylic acids is 1. The van der Waals surface area contributed by atoms with Crippen molar-refractivity contribution < 1.29 is 4.79 Å². The molecule has 3 unspecified atom stereocenters. The second-order valence-corrected chi connectivity index (χ2v) is 7.07. The molecule has 3 fully saturated rings. The van der Waals surface area contributed by atoms with Gasteiger partial charge in [0, 0.05) is 43.1 Å². The maximum absolute atomic E-state index is 12.4. The van der Waals surface area contributed by atoms with E-state index in [1.807, 2.05) is 11.8 Å². The second kappa shape index (κ2) is 5.83. The molecule has 1 N–H and O–H groups in total. The predicted molar refractivity (Wildman–Crippen MR) is 75.8 cm³/mol. The van der Waals surface area contributed by atoms with E-state index < -0.39 is 0 Å². The molecule has 0 bridgehead atoms. The van der Waals surface area contributed by atoms with Crippen LogP contribution in [0.5, 0.6) is 0 Å². The summed E-state index contributed by atoms with van der Waals surface area (Å²) in [7, 11) is 0. The van der Waals surface area contributed by atoms with Crippen molar-refractivity contribution in [2.45, 2.75) is 50.6 Å². The topological polar surface area (TPSA) is 32.3 Å². The summed E-state index contributed by atoms with van der Waals surface area (Å²) < 4.78 is 0. The van der Waals surface area contributed by atoms with Gasteiger partial charge in [-0.2, -0.15) is 11.8 Å². The molecule has 3 nitrogen and oxygen atoms in total. The van der Waals surface area contributed by atoms with Crippen LogP contribution in [0.1, 0.15) is 38.5 Å². The monoisotopic (exact) mass is 268 g/mol. The van der Waals surface area contributed by atoms with Gasteiger partial charge in [-0.3, -0.25) is 4.79 Å². The number of rotatable bonds is 2. The smallest absolute Gasteiger partial charge is 0.224 e. The number of hydrogen-bond acceptors (Lipinski definition) is 3. The lowest BCUT2D eigenvalue weighted by molar-refractivity contribution is -0.133. The fourth-order valence-electron chi connectivity index (χ4n) is 3.79. The molecule has 3 atom stereocenters. The summed E-state index contributed by atoms with van der Waals surface area (Å²) >= 11 is 1.98. The van der Waals surface area contributed by atoms with E-state index >= 15 is 0 Å². The zero-order valence-electron chi connectivity index (χ0n) is 11.1. The normalized spacial score (nSPS) is 36.4. The van der Waals surface area contributed by atoms with Crippen molar-refractivity contribution in [1.29, 1.82) is 0 Å². The van der Waals surface area contributed by atoms with Gasteiger partial charge in [-0.05, 0) is 25.2 Å². The summed E-state index contributed by atoms with van der Waals surface area (Å²) in [6, 6.07) is 1.00. The molecule has 4 heteroatoms. The van der Waals surface area contributed by atoms with E-state index in [9.17, 15) is 4.79 Å². The summed E-state index contributed by atoms with van der Waals surface area (Å²) in [4.78, 5) is 14.7. The largest absolute Gasteiger partial charge is 0.339 e. The zero-order chi connectivity index (χ0) is 12.4. The van der Waals surface area contributed by atoms with E-state index in [2.05, 4.69) is 10.2 Å². The Morgan fingerprint density at radius 3 is 3.00 bits per heavy atom. The lowest BCUT2D eigenvalue weighted by Gasteiger charge is -2.33. The molecule has 0 aromatic heterocycles. The second-order valence-electron chi connectivity index (χ2n) is 5.92. The molecule has 2 saturated heterocycles. The van der Waals surface area contributed by atoms with Crippen molar-refractivity contribution in [3.8, 4) is 0 Å².